The van der Waals surface area contributed by atoms with Crippen molar-refractivity contribution in [3.05, 3.63) is 34.9 Å². The van der Waals surface area contributed by atoms with Crippen molar-refractivity contribution in [2.24, 2.45) is 5.73 Å². The van der Waals surface area contributed by atoms with Crippen molar-refractivity contribution in [1.82, 2.24) is 10.1 Å². The van der Waals surface area contributed by atoms with Gasteiger partial charge in [-0.2, -0.15) is 4.98 Å². The Bertz CT molecular complexity index is 568. The van der Waals surface area contributed by atoms with Gasteiger partial charge in [-0.15, -0.1) is 0 Å². The van der Waals surface area contributed by atoms with Gasteiger partial charge >= 0.3 is 0 Å². The summed E-state index contributed by atoms with van der Waals surface area (Å²) in [6.45, 7) is 3.74. The Labute approximate surface area is 109 Å². The van der Waals surface area contributed by atoms with Gasteiger partial charge in [0.2, 0.25) is 0 Å². The van der Waals surface area contributed by atoms with Crippen LogP contribution in [-0.2, 0) is 5.54 Å². The summed E-state index contributed by atoms with van der Waals surface area (Å²) in [6.07, 6.45) is 0.668. The molecule has 0 bridgehead atoms. The van der Waals surface area contributed by atoms with E-state index in [0.29, 0.717) is 17.8 Å². The zero-order valence-corrected chi connectivity index (χ0v) is 10.8. The molecule has 0 amide bonds. The monoisotopic (exact) mass is 269 g/mol. The van der Waals surface area contributed by atoms with Crippen LogP contribution in [0.2, 0.25) is 5.02 Å². The van der Waals surface area contributed by atoms with Gasteiger partial charge in [-0.3, -0.25) is 0 Å². The van der Waals surface area contributed by atoms with E-state index < -0.39 is 11.4 Å². The van der Waals surface area contributed by atoms with E-state index in [0.717, 1.165) is 0 Å². The quantitative estimate of drug-likeness (QED) is 0.930. The van der Waals surface area contributed by atoms with Gasteiger partial charge in [-0.05, 0) is 31.5 Å². The van der Waals surface area contributed by atoms with Crippen LogP contribution in [0.4, 0.5) is 4.39 Å². The van der Waals surface area contributed by atoms with Gasteiger partial charge < -0.3 is 10.3 Å². The third-order valence-electron chi connectivity index (χ3n) is 2.84. The fraction of sp³-hybridized carbons (Fsp3) is 0.333. The lowest BCUT2D eigenvalue weighted by molar-refractivity contribution is 0.379. The van der Waals surface area contributed by atoms with Gasteiger partial charge in [0.05, 0.1) is 10.6 Å². The lowest BCUT2D eigenvalue weighted by Gasteiger charge is -2.16. The molecule has 0 aliphatic carbocycles. The van der Waals surface area contributed by atoms with E-state index in [1.165, 1.54) is 12.1 Å². The molecule has 1 unspecified atom stereocenters. The third kappa shape index (κ3) is 2.37. The predicted molar refractivity (Wildman–Crippen MR) is 66.5 cm³/mol. The van der Waals surface area contributed by atoms with Crippen LogP contribution in [0.3, 0.4) is 0 Å². The second kappa shape index (κ2) is 4.66. The Morgan fingerprint density at radius 2 is 2.22 bits per heavy atom. The molecular formula is C12H13ClFN3O. The number of nitrogens with two attached hydrogens (primary N) is 1. The van der Waals surface area contributed by atoms with E-state index in [9.17, 15) is 4.39 Å². The molecule has 0 fully saturated rings. The molecule has 6 heteroatoms. The summed E-state index contributed by atoms with van der Waals surface area (Å²) in [5.41, 5.74) is 5.82. The molecule has 1 aromatic heterocycles. The minimum Gasteiger partial charge on any atom is -0.334 e. The lowest BCUT2D eigenvalue weighted by Crippen LogP contribution is -2.33. The molecule has 1 aromatic carbocycles. The van der Waals surface area contributed by atoms with Crippen LogP contribution < -0.4 is 5.73 Å². The van der Waals surface area contributed by atoms with Crippen molar-refractivity contribution in [2.45, 2.75) is 25.8 Å². The molecule has 0 aliphatic rings. The fourth-order valence-electron chi connectivity index (χ4n) is 1.36. The van der Waals surface area contributed by atoms with Crippen molar-refractivity contribution in [3.8, 4) is 11.5 Å². The first-order valence-corrected chi connectivity index (χ1v) is 5.90. The average Bonchev–Trinajstić information content (AvgIpc) is 2.83. The van der Waals surface area contributed by atoms with Crippen molar-refractivity contribution >= 4 is 11.6 Å². The highest BCUT2D eigenvalue weighted by Crippen LogP contribution is 2.25. The van der Waals surface area contributed by atoms with Gasteiger partial charge in [0, 0.05) is 5.56 Å². The van der Waals surface area contributed by atoms with Crippen molar-refractivity contribution in [3.63, 3.8) is 0 Å². The Hall–Kier alpha value is -1.46. The highest BCUT2D eigenvalue weighted by Gasteiger charge is 2.25. The molecule has 18 heavy (non-hydrogen) atoms. The highest BCUT2D eigenvalue weighted by molar-refractivity contribution is 6.30. The van der Waals surface area contributed by atoms with Crippen molar-refractivity contribution in [1.29, 1.82) is 0 Å². The molecule has 0 saturated heterocycles. The summed E-state index contributed by atoms with van der Waals surface area (Å²) < 4.78 is 18.4. The van der Waals surface area contributed by atoms with Crippen LogP contribution in [0.15, 0.2) is 22.7 Å². The third-order valence-corrected chi connectivity index (χ3v) is 3.14. The summed E-state index contributed by atoms with van der Waals surface area (Å²) in [7, 11) is 0. The maximum atomic E-state index is 13.3. The topological polar surface area (TPSA) is 64.9 Å². The van der Waals surface area contributed by atoms with Crippen LogP contribution in [-0.4, -0.2) is 10.1 Å². The second-order valence-electron chi connectivity index (χ2n) is 4.32. The summed E-state index contributed by atoms with van der Waals surface area (Å²) in [4.78, 5) is 4.18. The molecule has 0 spiro atoms. The smallest absolute Gasteiger partial charge is 0.258 e. The first kappa shape index (κ1) is 13.0. The second-order valence-corrected chi connectivity index (χ2v) is 4.73. The normalized spacial score (nSPS) is 14.5. The molecule has 2 N–H and O–H groups in total. The van der Waals surface area contributed by atoms with Gasteiger partial charge in [-0.1, -0.05) is 23.7 Å². The van der Waals surface area contributed by atoms with Crippen molar-refractivity contribution in [2.75, 3.05) is 0 Å². The molecule has 4 nitrogen and oxygen atoms in total. The van der Waals surface area contributed by atoms with Crippen molar-refractivity contribution < 1.29 is 8.91 Å². The Balaban J connectivity index is 2.38. The van der Waals surface area contributed by atoms with Gasteiger partial charge in [-0.25, -0.2) is 4.39 Å². The summed E-state index contributed by atoms with van der Waals surface area (Å²) in [6, 6.07) is 4.31. The molecule has 2 rings (SSSR count). The zero-order chi connectivity index (χ0) is 13.3. The van der Waals surface area contributed by atoms with E-state index in [4.69, 9.17) is 21.9 Å². The standard InChI is InChI=1S/C12H13ClFN3O/c1-3-12(2,15)11-16-10(18-17-11)7-4-5-8(13)9(14)6-7/h4-6H,3,15H2,1-2H3. The number of rotatable bonds is 3. The molecular weight excluding hydrogens is 257 g/mol. The fourth-order valence-corrected chi connectivity index (χ4v) is 1.48. The molecule has 1 heterocycles. The molecule has 1 atom stereocenters. The maximum Gasteiger partial charge on any atom is 0.258 e. The van der Waals surface area contributed by atoms with Crippen LogP contribution in [0.25, 0.3) is 11.5 Å². The summed E-state index contributed by atoms with van der Waals surface area (Å²) in [5.74, 6) is 0.0981. The maximum absolute atomic E-state index is 13.3. The van der Waals surface area contributed by atoms with Gasteiger partial charge in [0.25, 0.3) is 5.89 Å². The number of nitrogens with zero attached hydrogens (tertiary/aromatic N) is 2. The van der Waals surface area contributed by atoms with E-state index in [2.05, 4.69) is 10.1 Å². The molecule has 96 valence electrons. The first-order chi connectivity index (χ1) is 8.44. The molecule has 0 radical (unpaired) electrons. The van der Waals surface area contributed by atoms with Gasteiger partial charge in [0.1, 0.15) is 5.82 Å². The highest BCUT2D eigenvalue weighted by atomic mass is 35.5. The Morgan fingerprint density at radius 3 is 2.83 bits per heavy atom. The first-order valence-electron chi connectivity index (χ1n) is 5.52. The SMILES string of the molecule is CCC(C)(N)c1noc(-c2ccc(Cl)c(F)c2)n1. The summed E-state index contributed by atoms with van der Waals surface area (Å²) in [5, 5.41) is 3.87. The van der Waals surface area contributed by atoms with E-state index in [1.807, 2.05) is 13.8 Å². The largest absolute Gasteiger partial charge is 0.334 e. The molecule has 0 saturated carbocycles. The number of aromatic nitrogens is 2. The molecule has 2 aromatic rings. The van der Waals surface area contributed by atoms with Crippen LogP contribution >= 0.6 is 11.6 Å². The minimum absolute atomic E-state index is 0.0516. The van der Waals surface area contributed by atoms with E-state index in [-0.39, 0.29) is 10.9 Å². The van der Waals surface area contributed by atoms with Crippen LogP contribution in [0.5, 0.6) is 0 Å². The van der Waals surface area contributed by atoms with Crippen LogP contribution in [0, 0.1) is 5.82 Å². The lowest BCUT2D eigenvalue weighted by atomic mass is 10.00. The summed E-state index contributed by atoms with van der Waals surface area (Å²) >= 11 is 5.61. The predicted octanol–water partition coefficient (Wildman–Crippen LogP) is 3.11. The minimum atomic E-state index is -0.660. The Kier molecular flexibility index (Phi) is 3.36. The number of benzene rings is 1. The van der Waals surface area contributed by atoms with E-state index >= 15 is 0 Å². The average molecular weight is 270 g/mol. The molecule has 0 aliphatic heterocycles. The Morgan fingerprint density at radius 1 is 1.50 bits per heavy atom. The zero-order valence-electron chi connectivity index (χ0n) is 10.1. The van der Waals surface area contributed by atoms with E-state index in [1.54, 1.807) is 6.07 Å². The number of hydrogen-bond acceptors (Lipinski definition) is 4. The number of hydrogen-bond donors (Lipinski definition) is 1. The van der Waals surface area contributed by atoms with Crippen LogP contribution in [0.1, 0.15) is 26.1 Å². The number of halogens is 2. The van der Waals surface area contributed by atoms with Gasteiger partial charge in [0.15, 0.2) is 5.82 Å².